The predicted molar refractivity (Wildman–Crippen MR) is 80.9 cm³/mol. The Balaban J connectivity index is 1.99. The first-order chi connectivity index (χ1) is 11.8. The average molecular weight is 355 g/mol. The normalized spacial score (nSPS) is 16.7. The van der Waals surface area contributed by atoms with Gasteiger partial charge in [0.25, 0.3) is 0 Å². The Labute approximate surface area is 140 Å². The molecule has 0 saturated carbocycles. The lowest BCUT2D eigenvalue weighted by molar-refractivity contribution is -0.139. The number of fused-ring (bicyclic) bond motifs is 1. The van der Waals surface area contributed by atoms with Crippen molar-refractivity contribution in [3.05, 3.63) is 53.3 Å². The summed E-state index contributed by atoms with van der Waals surface area (Å²) in [4.78, 5) is 10.8. The number of nitrogens with one attached hydrogen (secondary N) is 1. The lowest BCUT2D eigenvalue weighted by Gasteiger charge is -2.26. The van der Waals surface area contributed by atoms with Crippen LogP contribution in [0.25, 0.3) is 11.1 Å². The summed E-state index contributed by atoms with van der Waals surface area (Å²) in [5.74, 6) is -0.948. The van der Waals surface area contributed by atoms with Crippen molar-refractivity contribution in [3.63, 3.8) is 0 Å². The van der Waals surface area contributed by atoms with Crippen molar-refractivity contribution in [2.45, 2.75) is 18.6 Å². The van der Waals surface area contributed by atoms with E-state index in [1.807, 2.05) is 0 Å². The van der Waals surface area contributed by atoms with E-state index in [1.165, 1.54) is 12.1 Å². The van der Waals surface area contributed by atoms with Crippen molar-refractivity contribution in [1.29, 1.82) is 0 Å². The molecule has 3 rings (SSSR count). The molecule has 0 radical (unpaired) electrons. The van der Waals surface area contributed by atoms with E-state index >= 15 is 0 Å². The minimum Gasteiger partial charge on any atom is -0.493 e. The highest BCUT2D eigenvalue weighted by molar-refractivity contribution is 5.69. The second kappa shape index (κ2) is 6.27. The summed E-state index contributed by atoms with van der Waals surface area (Å²) in [5, 5.41) is 11.2. The van der Waals surface area contributed by atoms with Crippen LogP contribution in [0, 0.1) is 5.82 Å². The molecule has 1 atom stereocenters. The van der Waals surface area contributed by atoms with Gasteiger partial charge in [-0.3, -0.25) is 0 Å². The van der Waals surface area contributed by atoms with E-state index in [1.54, 1.807) is 12.1 Å². The number of halogens is 4. The van der Waals surface area contributed by atoms with Crippen LogP contribution in [0.5, 0.6) is 5.75 Å². The van der Waals surface area contributed by atoms with Gasteiger partial charge >= 0.3 is 12.3 Å². The Hall–Kier alpha value is -2.77. The Morgan fingerprint density at radius 1 is 1.16 bits per heavy atom. The number of ether oxygens (including phenoxy) is 1. The van der Waals surface area contributed by atoms with Gasteiger partial charge in [0.15, 0.2) is 0 Å². The molecule has 1 aliphatic heterocycles. The highest BCUT2D eigenvalue weighted by atomic mass is 19.4. The second-order valence-electron chi connectivity index (χ2n) is 5.58. The number of carboxylic acid groups (broad SMARTS) is 1. The van der Waals surface area contributed by atoms with E-state index in [9.17, 15) is 22.4 Å². The van der Waals surface area contributed by atoms with Crippen molar-refractivity contribution in [1.82, 2.24) is 5.32 Å². The van der Waals surface area contributed by atoms with Gasteiger partial charge in [-0.2, -0.15) is 13.2 Å². The van der Waals surface area contributed by atoms with Crippen LogP contribution in [0.15, 0.2) is 36.4 Å². The highest BCUT2D eigenvalue weighted by Gasteiger charge is 2.34. The summed E-state index contributed by atoms with van der Waals surface area (Å²) in [7, 11) is 0. The van der Waals surface area contributed by atoms with E-state index in [-0.39, 0.29) is 12.2 Å². The molecular weight excluding hydrogens is 342 g/mol. The van der Waals surface area contributed by atoms with E-state index in [4.69, 9.17) is 9.84 Å². The van der Waals surface area contributed by atoms with Crippen LogP contribution in [0.4, 0.5) is 22.4 Å². The topological polar surface area (TPSA) is 58.6 Å². The predicted octanol–water partition coefficient (Wildman–Crippen LogP) is 4.60. The molecule has 0 bridgehead atoms. The second-order valence-corrected chi connectivity index (χ2v) is 5.58. The van der Waals surface area contributed by atoms with Crippen molar-refractivity contribution in [3.8, 4) is 16.9 Å². The fourth-order valence-corrected chi connectivity index (χ4v) is 2.79. The first kappa shape index (κ1) is 17.1. The quantitative estimate of drug-likeness (QED) is 0.774. The molecule has 0 aliphatic carbocycles. The lowest BCUT2D eigenvalue weighted by Crippen LogP contribution is -2.30. The molecule has 2 aromatic carbocycles. The molecule has 1 heterocycles. The van der Waals surface area contributed by atoms with Gasteiger partial charge in [0.05, 0.1) is 18.2 Å². The molecule has 2 N–H and O–H groups in total. The molecule has 4 nitrogen and oxygen atoms in total. The van der Waals surface area contributed by atoms with Crippen LogP contribution in [-0.2, 0) is 6.18 Å². The van der Waals surface area contributed by atoms with Crippen molar-refractivity contribution in [2.75, 3.05) is 6.61 Å². The summed E-state index contributed by atoms with van der Waals surface area (Å²) in [6.07, 6.45) is -5.51. The van der Waals surface area contributed by atoms with Gasteiger partial charge in [0, 0.05) is 12.0 Å². The summed E-state index contributed by atoms with van der Waals surface area (Å²) >= 11 is 0. The Kier molecular flexibility index (Phi) is 4.28. The van der Waals surface area contributed by atoms with Crippen LogP contribution in [0.2, 0.25) is 0 Å². The monoisotopic (exact) mass is 355 g/mol. The van der Waals surface area contributed by atoms with Gasteiger partial charge in [-0.1, -0.05) is 18.2 Å². The van der Waals surface area contributed by atoms with Gasteiger partial charge in [0.2, 0.25) is 0 Å². The first-order valence-electron chi connectivity index (χ1n) is 7.39. The number of benzene rings is 2. The smallest absolute Gasteiger partial charge is 0.419 e. The van der Waals surface area contributed by atoms with Crippen LogP contribution < -0.4 is 10.1 Å². The minimum atomic E-state index is -4.79. The van der Waals surface area contributed by atoms with Crippen LogP contribution in [-0.4, -0.2) is 17.8 Å². The standard InChI is InChI=1S/C17H13F4NO3/c18-13-4-2-9(7-12(13)17(19,20)21)10-1-3-11-14(22-16(23)24)5-6-25-15(11)8-10/h1-4,7-8,14,22H,5-6H2,(H,23,24). The molecule has 1 unspecified atom stereocenters. The van der Waals surface area contributed by atoms with E-state index in [0.717, 1.165) is 12.1 Å². The zero-order chi connectivity index (χ0) is 18.2. The molecule has 8 heteroatoms. The number of hydrogen-bond donors (Lipinski definition) is 2. The van der Waals surface area contributed by atoms with E-state index in [2.05, 4.69) is 5.32 Å². The van der Waals surface area contributed by atoms with Gasteiger partial charge in [-0.05, 0) is 29.3 Å². The third kappa shape index (κ3) is 3.52. The molecule has 1 aliphatic rings. The van der Waals surface area contributed by atoms with Crippen LogP contribution in [0.1, 0.15) is 23.6 Å². The number of amides is 1. The molecule has 132 valence electrons. The summed E-state index contributed by atoms with van der Waals surface area (Å²) in [6, 6.07) is 6.99. The van der Waals surface area contributed by atoms with Gasteiger partial charge in [-0.25, -0.2) is 9.18 Å². The number of alkyl halides is 3. The zero-order valence-corrected chi connectivity index (χ0v) is 12.7. The van der Waals surface area contributed by atoms with E-state index in [0.29, 0.717) is 23.3 Å². The number of carbonyl (C=O) groups is 1. The van der Waals surface area contributed by atoms with Crippen molar-refractivity contribution >= 4 is 6.09 Å². The van der Waals surface area contributed by atoms with Crippen LogP contribution >= 0.6 is 0 Å². The number of hydrogen-bond acceptors (Lipinski definition) is 2. The molecule has 1 amide bonds. The fourth-order valence-electron chi connectivity index (χ4n) is 2.79. The highest BCUT2D eigenvalue weighted by Crippen LogP contribution is 2.38. The Morgan fingerprint density at radius 2 is 1.84 bits per heavy atom. The Morgan fingerprint density at radius 3 is 2.52 bits per heavy atom. The van der Waals surface area contributed by atoms with Crippen molar-refractivity contribution in [2.24, 2.45) is 0 Å². The largest absolute Gasteiger partial charge is 0.493 e. The third-order valence-corrected chi connectivity index (χ3v) is 3.96. The SMILES string of the molecule is O=C(O)NC1CCOc2cc(-c3ccc(F)c(C(F)(F)F)c3)ccc21. The van der Waals surface area contributed by atoms with Gasteiger partial charge in [0.1, 0.15) is 11.6 Å². The van der Waals surface area contributed by atoms with Gasteiger partial charge in [-0.15, -0.1) is 0 Å². The molecule has 0 aromatic heterocycles. The first-order valence-corrected chi connectivity index (χ1v) is 7.39. The maximum absolute atomic E-state index is 13.4. The fraction of sp³-hybridized carbons (Fsp3) is 0.235. The average Bonchev–Trinajstić information content (AvgIpc) is 2.53. The van der Waals surface area contributed by atoms with E-state index < -0.39 is 29.7 Å². The van der Waals surface area contributed by atoms with Crippen LogP contribution in [0.3, 0.4) is 0 Å². The van der Waals surface area contributed by atoms with Crippen molar-refractivity contribution < 1.29 is 32.2 Å². The van der Waals surface area contributed by atoms with Gasteiger partial charge < -0.3 is 15.2 Å². The third-order valence-electron chi connectivity index (χ3n) is 3.96. The Bertz CT molecular complexity index is 820. The minimum absolute atomic E-state index is 0.188. The zero-order valence-electron chi connectivity index (χ0n) is 12.7. The molecule has 0 fully saturated rings. The molecule has 2 aromatic rings. The number of rotatable bonds is 2. The maximum atomic E-state index is 13.4. The molecule has 25 heavy (non-hydrogen) atoms. The summed E-state index contributed by atoms with van der Waals surface area (Å²) in [5.41, 5.74) is -0.127. The maximum Gasteiger partial charge on any atom is 0.419 e. The molecular formula is C17H13F4NO3. The lowest BCUT2D eigenvalue weighted by atomic mass is 9.95. The summed E-state index contributed by atoms with van der Waals surface area (Å²) in [6.45, 7) is 0.276. The summed E-state index contributed by atoms with van der Waals surface area (Å²) < 4.78 is 57.5. The molecule has 0 saturated heterocycles. The molecule has 0 spiro atoms.